The number of benzene rings is 1. The molecular formula is C16H22ClNO3. The van der Waals surface area contributed by atoms with Crippen molar-refractivity contribution in [1.82, 2.24) is 4.90 Å². The van der Waals surface area contributed by atoms with E-state index in [1.807, 2.05) is 19.1 Å². The number of hydrogen-bond acceptors (Lipinski definition) is 4. The van der Waals surface area contributed by atoms with E-state index in [0.29, 0.717) is 18.2 Å². The smallest absolute Gasteiger partial charge is 0.309 e. The molecule has 1 heterocycles. The fraction of sp³-hybridized carbons (Fsp3) is 0.562. The van der Waals surface area contributed by atoms with Crippen LogP contribution in [0, 0.1) is 5.92 Å². The molecule has 1 N–H and O–H groups in total. The zero-order valence-electron chi connectivity index (χ0n) is 12.3. The number of nitrogens with zero attached hydrogens (tertiary/aromatic N) is 1. The first-order valence-electron chi connectivity index (χ1n) is 7.42. The molecule has 1 fully saturated rings. The molecule has 5 heteroatoms. The van der Waals surface area contributed by atoms with Crippen LogP contribution in [0.15, 0.2) is 24.3 Å². The van der Waals surface area contributed by atoms with Crippen molar-refractivity contribution in [2.75, 3.05) is 26.2 Å². The van der Waals surface area contributed by atoms with Crippen molar-refractivity contribution in [2.24, 2.45) is 5.92 Å². The predicted octanol–water partition coefficient (Wildman–Crippen LogP) is 2.65. The highest BCUT2D eigenvalue weighted by molar-refractivity contribution is 6.30. The SMILES string of the molecule is CCOC(=O)C1CCN(CC(O)c2ccc(Cl)cc2)CC1. The highest BCUT2D eigenvalue weighted by Crippen LogP contribution is 2.22. The van der Waals surface area contributed by atoms with Crippen LogP contribution in [0.4, 0.5) is 0 Å². The summed E-state index contributed by atoms with van der Waals surface area (Å²) in [6, 6.07) is 7.26. The molecule has 2 rings (SSSR count). The van der Waals surface area contributed by atoms with Gasteiger partial charge in [0.1, 0.15) is 0 Å². The van der Waals surface area contributed by atoms with Crippen LogP contribution in [0.1, 0.15) is 31.4 Å². The molecule has 116 valence electrons. The van der Waals surface area contributed by atoms with Gasteiger partial charge in [0.05, 0.1) is 18.6 Å². The Morgan fingerprint density at radius 2 is 2.00 bits per heavy atom. The number of piperidine rings is 1. The van der Waals surface area contributed by atoms with E-state index in [1.165, 1.54) is 0 Å². The van der Waals surface area contributed by atoms with Crippen LogP contribution >= 0.6 is 11.6 Å². The van der Waals surface area contributed by atoms with Crippen LogP contribution in [0.2, 0.25) is 5.02 Å². The van der Waals surface area contributed by atoms with Crippen molar-refractivity contribution in [1.29, 1.82) is 0 Å². The van der Waals surface area contributed by atoms with Gasteiger partial charge >= 0.3 is 5.97 Å². The summed E-state index contributed by atoms with van der Waals surface area (Å²) in [6.45, 7) is 4.48. The highest BCUT2D eigenvalue weighted by atomic mass is 35.5. The van der Waals surface area contributed by atoms with Crippen molar-refractivity contribution in [3.63, 3.8) is 0 Å². The zero-order valence-corrected chi connectivity index (χ0v) is 13.1. The predicted molar refractivity (Wildman–Crippen MR) is 82.2 cm³/mol. The van der Waals surface area contributed by atoms with Crippen LogP contribution in [0.5, 0.6) is 0 Å². The molecular weight excluding hydrogens is 290 g/mol. The Labute approximate surface area is 130 Å². The van der Waals surface area contributed by atoms with Gasteiger partial charge in [0.25, 0.3) is 0 Å². The fourth-order valence-corrected chi connectivity index (χ4v) is 2.77. The number of ether oxygens (including phenoxy) is 1. The van der Waals surface area contributed by atoms with E-state index in [9.17, 15) is 9.90 Å². The Morgan fingerprint density at radius 1 is 1.38 bits per heavy atom. The summed E-state index contributed by atoms with van der Waals surface area (Å²) >= 11 is 5.84. The Balaban J connectivity index is 1.80. The molecule has 21 heavy (non-hydrogen) atoms. The summed E-state index contributed by atoms with van der Waals surface area (Å²) in [7, 11) is 0. The average molecular weight is 312 g/mol. The average Bonchev–Trinajstić information content (AvgIpc) is 2.49. The monoisotopic (exact) mass is 311 g/mol. The first-order valence-corrected chi connectivity index (χ1v) is 7.80. The number of rotatable bonds is 5. The lowest BCUT2D eigenvalue weighted by atomic mass is 9.96. The summed E-state index contributed by atoms with van der Waals surface area (Å²) < 4.78 is 5.06. The molecule has 0 spiro atoms. The van der Waals surface area contributed by atoms with Gasteiger partial charge in [0.2, 0.25) is 0 Å². The number of aliphatic hydroxyl groups excluding tert-OH is 1. The third-order valence-electron chi connectivity index (χ3n) is 3.89. The van der Waals surface area contributed by atoms with Gasteiger partial charge in [-0.1, -0.05) is 23.7 Å². The number of β-amino-alcohol motifs (C(OH)–C–C–N with tert-alkyl or cyclic N) is 1. The highest BCUT2D eigenvalue weighted by Gasteiger charge is 2.26. The molecule has 4 nitrogen and oxygen atoms in total. The molecule has 0 saturated carbocycles. The van der Waals surface area contributed by atoms with Crippen molar-refractivity contribution < 1.29 is 14.6 Å². The number of carbonyl (C=O) groups is 1. The fourth-order valence-electron chi connectivity index (χ4n) is 2.65. The summed E-state index contributed by atoms with van der Waals surface area (Å²) in [4.78, 5) is 13.9. The number of aliphatic hydroxyl groups is 1. The molecule has 1 aromatic carbocycles. The Bertz CT molecular complexity index is 455. The topological polar surface area (TPSA) is 49.8 Å². The van der Waals surface area contributed by atoms with Crippen molar-refractivity contribution in [2.45, 2.75) is 25.9 Å². The molecule has 1 aliphatic rings. The summed E-state index contributed by atoms with van der Waals surface area (Å²) in [6.07, 6.45) is 1.07. The van der Waals surface area contributed by atoms with Gasteiger partial charge in [-0.25, -0.2) is 0 Å². The van der Waals surface area contributed by atoms with Crippen LogP contribution in [0.3, 0.4) is 0 Å². The van der Waals surface area contributed by atoms with Crippen molar-refractivity contribution in [3.05, 3.63) is 34.9 Å². The van der Waals surface area contributed by atoms with E-state index in [0.717, 1.165) is 31.5 Å². The maximum Gasteiger partial charge on any atom is 0.309 e. The second-order valence-electron chi connectivity index (χ2n) is 5.39. The summed E-state index contributed by atoms with van der Waals surface area (Å²) in [5.74, 6) is -0.0794. The second-order valence-corrected chi connectivity index (χ2v) is 5.83. The third kappa shape index (κ3) is 4.70. The molecule has 1 aromatic rings. The number of halogens is 1. The van der Waals surface area contributed by atoms with Crippen LogP contribution in [-0.2, 0) is 9.53 Å². The van der Waals surface area contributed by atoms with Gasteiger partial charge in [0.15, 0.2) is 0 Å². The molecule has 1 atom stereocenters. The Kier molecular flexibility index (Phi) is 6.03. The largest absolute Gasteiger partial charge is 0.466 e. The molecule has 0 aromatic heterocycles. The lowest BCUT2D eigenvalue weighted by Crippen LogP contribution is -2.39. The third-order valence-corrected chi connectivity index (χ3v) is 4.15. The van der Waals surface area contributed by atoms with Gasteiger partial charge in [-0.2, -0.15) is 0 Å². The quantitative estimate of drug-likeness (QED) is 0.849. The number of hydrogen-bond donors (Lipinski definition) is 1. The first kappa shape index (κ1) is 16.3. The van der Waals surface area contributed by atoms with Gasteiger partial charge in [-0.3, -0.25) is 4.79 Å². The molecule has 0 radical (unpaired) electrons. The van der Waals surface area contributed by atoms with E-state index >= 15 is 0 Å². The van der Waals surface area contributed by atoms with Gasteiger partial charge in [-0.15, -0.1) is 0 Å². The molecule has 0 aliphatic carbocycles. The standard InChI is InChI=1S/C16H22ClNO3/c1-2-21-16(20)13-7-9-18(10-8-13)11-15(19)12-3-5-14(17)6-4-12/h3-6,13,15,19H,2,7-11H2,1H3. The van der Waals surface area contributed by atoms with E-state index in [4.69, 9.17) is 16.3 Å². The molecule has 0 amide bonds. The Hall–Kier alpha value is -1.10. The maximum absolute atomic E-state index is 11.7. The van der Waals surface area contributed by atoms with Crippen molar-refractivity contribution >= 4 is 17.6 Å². The first-order chi connectivity index (χ1) is 10.1. The van der Waals surface area contributed by atoms with Gasteiger partial charge < -0.3 is 14.7 Å². The molecule has 0 bridgehead atoms. The van der Waals surface area contributed by atoms with E-state index in [1.54, 1.807) is 12.1 Å². The maximum atomic E-state index is 11.7. The number of carbonyl (C=O) groups excluding carboxylic acids is 1. The molecule has 1 aliphatic heterocycles. The van der Waals surface area contributed by atoms with Crippen molar-refractivity contribution in [3.8, 4) is 0 Å². The van der Waals surface area contributed by atoms with E-state index in [2.05, 4.69) is 4.90 Å². The summed E-state index contributed by atoms with van der Waals surface area (Å²) in [5, 5.41) is 10.9. The van der Waals surface area contributed by atoms with Crippen LogP contribution in [0.25, 0.3) is 0 Å². The molecule has 1 saturated heterocycles. The van der Waals surface area contributed by atoms with E-state index in [-0.39, 0.29) is 11.9 Å². The van der Waals surface area contributed by atoms with Gasteiger partial charge in [-0.05, 0) is 50.6 Å². The van der Waals surface area contributed by atoms with E-state index < -0.39 is 6.10 Å². The van der Waals surface area contributed by atoms with Crippen LogP contribution < -0.4 is 0 Å². The Morgan fingerprint density at radius 3 is 2.57 bits per heavy atom. The number of esters is 1. The number of likely N-dealkylation sites (tertiary alicyclic amines) is 1. The zero-order chi connectivity index (χ0) is 15.2. The lowest BCUT2D eigenvalue weighted by molar-refractivity contribution is -0.149. The van der Waals surface area contributed by atoms with Crippen LogP contribution in [-0.4, -0.2) is 42.2 Å². The summed E-state index contributed by atoms with van der Waals surface area (Å²) in [5.41, 5.74) is 0.868. The normalized spacial score (nSPS) is 18.4. The lowest BCUT2D eigenvalue weighted by Gasteiger charge is -2.32. The second kappa shape index (κ2) is 7.78. The minimum absolute atomic E-state index is 0.00822. The van der Waals surface area contributed by atoms with Gasteiger partial charge in [0, 0.05) is 11.6 Å². The minimum atomic E-state index is -0.526. The minimum Gasteiger partial charge on any atom is -0.466 e. The molecule has 1 unspecified atom stereocenters.